The lowest BCUT2D eigenvalue weighted by molar-refractivity contribution is -0.117. The normalized spacial score (nSPS) is 18.8. The predicted molar refractivity (Wildman–Crippen MR) is 51.7 cm³/mol. The Morgan fingerprint density at radius 2 is 2.57 bits per heavy atom. The van der Waals surface area contributed by atoms with Gasteiger partial charge in [0.05, 0.1) is 6.42 Å². The summed E-state index contributed by atoms with van der Waals surface area (Å²) >= 11 is 0. The third kappa shape index (κ3) is 1.66. The molecule has 0 saturated heterocycles. The lowest BCUT2D eigenvalue weighted by Crippen LogP contribution is -2.16. The van der Waals surface area contributed by atoms with E-state index in [0.717, 1.165) is 17.8 Å². The third-order valence-electron chi connectivity index (χ3n) is 2.16. The van der Waals surface area contributed by atoms with Crippen LogP contribution in [0.15, 0.2) is 6.20 Å². The van der Waals surface area contributed by atoms with Crippen molar-refractivity contribution in [3.05, 3.63) is 17.6 Å². The summed E-state index contributed by atoms with van der Waals surface area (Å²) in [4.78, 5) is 18.9. The van der Waals surface area contributed by atoms with Crippen LogP contribution in [0.2, 0.25) is 0 Å². The van der Waals surface area contributed by atoms with Gasteiger partial charge in [-0.05, 0) is 13.3 Å². The van der Waals surface area contributed by atoms with E-state index >= 15 is 0 Å². The van der Waals surface area contributed by atoms with Crippen molar-refractivity contribution in [3.8, 4) is 0 Å². The van der Waals surface area contributed by atoms with Gasteiger partial charge >= 0.3 is 0 Å². The van der Waals surface area contributed by atoms with Crippen LogP contribution in [0.5, 0.6) is 0 Å². The second kappa shape index (κ2) is 3.25. The molecule has 14 heavy (non-hydrogen) atoms. The van der Waals surface area contributed by atoms with Crippen molar-refractivity contribution < 1.29 is 4.79 Å². The monoisotopic (exact) mass is 192 g/mol. The van der Waals surface area contributed by atoms with Crippen molar-refractivity contribution in [2.24, 2.45) is 5.73 Å². The molecule has 1 aliphatic heterocycles. The van der Waals surface area contributed by atoms with Gasteiger partial charge in [-0.25, -0.2) is 9.97 Å². The number of carbonyl (C=O) groups is 1. The topological polar surface area (TPSA) is 80.9 Å². The molecule has 0 spiro atoms. The second-order valence-electron chi connectivity index (χ2n) is 3.55. The zero-order valence-electron chi connectivity index (χ0n) is 7.95. The van der Waals surface area contributed by atoms with Gasteiger partial charge in [0.15, 0.2) is 0 Å². The number of fused-ring (bicyclic) bond motifs is 1. The average molecular weight is 192 g/mol. The summed E-state index contributed by atoms with van der Waals surface area (Å²) in [7, 11) is 0. The first-order valence-electron chi connectivity index (χ1n) is 4.55. The molecule has 0 fully saturated rings. The van der Waals surface area contributed by atoms with Gasteiger partial charge in [-0.1, -0.05) is 0 Å². The Hall–Kier alpha value is -1.65. The minimum atomic E-state index is -0.406. The van der Waals surface area contributed by atoms with Crippen molar-refractivity contribution in [3.63, 3.8) is 0 Å². The number of anilines is 1. The highest BCUT2D eigenvalue weighted by atomic mass is 16.1. The van der Waals surface area contributed by atoms with Crippen LogP contribution >= 0.6 is 0 Å². The van der Waals surface area contributed by atoms with Gasteiger partial charge in [0, 0.05) is 17.8 Å². The first-order chi connectivity index (χ1) is 6.65. The quantitative estimate of drug-likeness (QED) is 0.683. The molecule has 5 heteroatoms. The van der Waals surface area contributed by atoms with Crippen molar-refractivity contribution in [2.75, 3.05) is 5.32 Å². The van der Waals surface area contributed by atoms with Gasteiger partial charge in [0.1, 0.15) is 11.6 Å². The van der Waals surface area contributed by atoms with Crippen molar-refractivity contribution in [1.82, 2.24) is 9.97 Å². The van der Waals surface area contributed by atoms with Crippen molar-refractivity contribution in [2.45, 2.75) is 25.8 Å². The van der Waals surface area contributed by atoms with E-state index in [4.69, 9.17) is 5.73 Å². The second-order valence-corrected chi connectivity index (χ2v) is 3.55. The summed E-state index contributed by atoms with van der Waals surface area (Å²) in [5, 5.41) is 3.21. The number of hydrogen-bond acceptors (Lipinski definition) is 4. The van der Waals surface area contributed by atoms with E-state index in [-0.39, 0.29) is 6.42 Å². The highest BCUT2D eigenvalue weighted by molar-refractivity contribution is 5.75. The Balaban J connectivity index is 2.24. The SMILES string of the molecule is CC1Cc2cnc(CC(N)=O)nc2N1. The van der Waals surface area contributed by atoms with Gasteiger partial charge in [0.25, 0.3) is 0 Å². The Morgan fingerprint density at radius 1 is 1.79 bits per heavy atom. The molecule has 1 aromatic heterocycles. The number of primary amides is 1. The molecule has 2 heterocycles. The standard InChI is InChI=1S/C9H12N4O/c1-5-2-6-4-11-8(3-7(10)14)13-9(6)12-5/h4-5H,2-3H2,1H3,(H2,10,14)(H,11,12,13). The molecule has 1 aromatic rings. The molecule has 0 saturated carbocycles. The number of aromatic nitrogens is 2. The van der Waals surface area contributed by atoms with Gasteiger partial charge < -0.3 is 11.1 Å². The minimum absolute atomic E-state index is 0.101. The van der Waals surface area contributed by atoms with E-state index in [1.54, 1.807) is 6.20 Å². The number of carbonyl (C=O) groups excluding carboxylic acids is 1. The molecule has 74 valence electrons. The molecule has 1 unspecified atom stereocenters. The number of nitrogens with two attached hydrogens (primary N) is 1. The molecular weight excluding hydrogens is 180 g/mol. The van der Waals surface area contributed by atoms with Crippen LogP contribution in [0.3, 0.4) is 0 Å². The fraction of sp³-hybridized carbons (Fsp3) is 0.444. The smallest absolute Gasteiger partial charge is 0.225 e. The molecule has 1 atom stereocenters. The summed E-state index contributed by atoms with van der Waals surface area (Å²) < 4.78 is 0. The maximum absolute atomic E-state index is 10.7. The average Bonchev–Trinajstić information content (AvgIpc) is 2.42. The fourth-order valence-corrected chi connectivity index (χ4v) is 1.57. The first kappa shape index (κ1) is 8.93. The predicted octanol–water partition coefficient (Wildman–Crippen LogP) is -0.139. The highest BCUT2D eigenvalue weighted by Gasteiger charge is 2.18. The van der Waals surface area contributed by atoms with Crippen LogP contribution in [0.1, 0.15) is 18.3 Å². The molecular formula is C9H12N4O. The molecule has 1 aliphatic rings. The van der Waals surface area contributed by atoms with Crippen molar-refractivity contribution in [1.29, 1.82) is 0 Å². The van der Waals surface area contributed by atoms with E-state index in [9.17, 15) is 4.79 Å². The van der Waals surface area contributed by atoms with E-state index in [2.05, 4.69) is 22.2 Å². The number of amides is 1. The highest BCUT2D eigenvalue weighted by Crippen LogP contribution is 2.22. The van der Waals surface area contributed by atoms with E-state index in [1.165, 1.54) is 0 Å². The van der Waals surface area contributed by atoms with Crippen molar-refractivity contribution >= 4 is 11.7 Å². The summed E-state index contributed by atoms with van der Waals surface area (Å²) in [6, 6.07) is 0.392. The lowest BCUT2D eigenvalue weighted by Gasteiger charge is -2.02. The number of nitrogens with one attached hydrogen (secondary N) is 1. The molecule has 0 bridgehead atoms. The molecule has 0 aliphatic carbocycles. The molecule has 2 rings (SSSR count). The largest absolute Gasteiger partial charge is 0.369 e. The minimum Gasteiger partial charge on any atom is -0.369 e. The molecule has 0 radical (unpaired) electrons. The molecule has 1 amide bonds. The maximum atomic E-state index is 10.7. The van der Waals surface area contributed by atoms with Gasteiger partial charge in [-0.15, -0.1) is 0 Å². The first-order valence-corrected chi connectivity index (χ1v) is 4.55. The van der Waals surface area contributed by atoms with Crippen LogP contribution in [0, 0.1) is 0 Å². The fourth-order valence-electron chi connectivity index (χ4n) is 1.57. The Bertz CT molecular complexity index is 377. The number of rotatable bonds is 2. The summed E-state index contributed by atoms with van der Waals surface area (Å²) in [6.07, 6.45) is 2.80. The maximum Gasteiger partial charge on any atom is 0.225 e. The number of nitrogens with zero attached hydrogens (tertiary/aromatic N) is 2. The molecule has 3 N–H and O–H groups in total. The Morgan fingerprint density at radius 3 is 3.29 bits per heavy atom. The van der Waals surface area contributed by atoms with E-state index in [1.807, 2.05) is 0 Å². The zero-order chi connectivity index (χ0) is 10.1. The Kier molecular flexibility index (Phi) is 2.07. The van der Waals surface area contributed by atoms with Crippen LogP contribution in [-0.2, 0) is 17.6 Å². The van der Waals surface area contributed by atoms with Crippen LogP contribution in [0.25, 0.3) is 0 Å². The van der Waals surface area contributed by atoms with Crippen LogP contribution in [0.4, 0.5) is 5.82 Å². The summed E-state index contributed by atoms with van der Waals surface area (Å²) in [6.45, 7) is 2.08. The van der Waals surface area contributed by atoms with E-state index < -0.39 is 5.91 Å². The van der Waals surface area contributed by atoms with E-state index in [0.29, 0.717) is 11.9 Å². The van der Waals surface area contributed by atoms with Crippen LogP contribution < -0.4 is 11.1 Å². The molecule has 0 aromatic carbocycles. The number of hydrogen-bond donors (Lipinski definition) is 2. The van der Waals surface area contributed by atoms with Gasteiger partial charge in [-0.3, -0.25) is 4.79 Å². The Labute approximate surface area is 81.7 Å². The summed E-state index contributed by atoms with van der Waals surface area (Å²) in [5.41, 5.74) is 6.16. The van der Waals surface area contributed by atoms with Gasteiger partial charge in [0.2, 0.25) is 5.91 Å². The van der Waals surface area contributed by atoms with Crippen LogP contribution in [-0.4, -0.2) is 21.9 Å². The molecule has 5 nitrogen and oxygen atoms in total. The summed E-state index contributed by atoms with van der Waals surface area (Å²) in [5.74, 6) is 0.914. The lowest BCUT2D eigenvalue weighted by atomic mass is 10.2. The van der Waals surface area contributed by atoms with Gasteiger partial charge in [-0.2, -0.15) is 0 Å². The zero-order valence-corrected chi connectivity index (χ0v) is 7.95. The third-order valence-corrected chi connectivity index (χ3v) is 2.16.